The summed E-state index contributed by atoms with van der Waals surface area (Å²) in [6.45, 7) is 1.74. The second-order valence-corrected chi connectivity index (χ2v) is 5.88. The average molecular weight is 247 g/mol. The highest BCUT2D eigenvalue weighted by atomic mass is 16.3. The maximum Gasteiger partial charge on any atom is 0.123 e. The van der Waals surface area contributed by atoms with Crippen LogP contribution in [0.25, 0.3) is 0 Å². The lowest BCUT2D eigenvalue weighted by Crippen LogP contribution is -2.26. The number of nitrogens with one attached hydrogen (secondary N) is 1. The second-order valence-electron chi connectivity index (χ2n) is 5.88. The van der Waals surface area contributed by atoms with Crippen LogP contribution in [0.5, 0.6) is 11.5 Å². The Hall–Kier alpha value is -1.22. The zero-order valence-corrected chi connectivity index (χ0v) is 10.6. The van der Waals surface area contributed by atoms with Gasteiger partial charge in [0.2, 0.25) is 0 Å². The molecule has 3 heteroatoms. The fourth-order valence-electron chi connectivity index (χ4n) is 3.72. The van der Waals surface area contributed by atoms with Crippen molar-refractivity contribution in [3.8, 4) is 11.5 Å². The van der Waals surface area contributed by atoms with Gasteiger partial charge in [-0.05, 0) is 49.6 Å². The summed E-state index contributed by atoms with van der Waals surface area (Å²) in [6.07, 6.45) is 5.69. The Kier molecular flexibility index (Phi) is 3.16. The number of hydrogen-bond donors (Lipinski definition) is 3. The van der Waals surface area contributed by atoms with Gasteiger partial charge in [-0.15, -0.1) is 0 Å². The van der Waals surface area contributed by atoms with Gasteiger partial charge in [-0.1, -0.05) is 12.5 Å². The molecule has 0 aromatic heterocycles. The summed E-state index contributed by atoms with van der Waals surface area (Å²) in [7, 11) is 0. The smallest absolute Gasteiger partial charge is 0.123 e. The van der Waals surface area contributed by atoms with Gasteiger partial charge in [0.25, 0.3) is 0 Å². The van der Waals surface area contributed by atoms with Crippen LogP contribution in [-0.2, 0) is 6.54 Å². The fourth-order valence-corrected chi connectivity index (χ4v) is 3.72. The molecule has 1 aromatic carbocycles. The van der Waals surface area contributed by atoms with E-state index in [1.54, 1.807) is 12.1 Å². The highest BCUT2D eigenvalue weighted by Crippen LogP contribution is 2.47. The van der Waals surface area contributed by atoms with E-state index in [4.69, 9.17) is 0 Å². The minimum atomic E-state index is 0.115. The molecule has 0 amide bonds. The molecule has 0 radical (unpaired) electrons. The van der Waals surface area contributed by atoms with Crippen LogP contribution in [0.3, 0.4) is 0 Å². The topological polar surface area (TPSA) is 52.5 Å². The fraction of sp³-hybridized carbons (Fsp3) is 0.600. The molecule has 2 saturated carbocycles. The molecule has 18 heavy (non-hydrogen) atoms. The van der Waals surface area contributed by atoms with E-state index in [-0.39, 0.29) is 11.5 Å². The first kappa shape index (κ1) is 11.8. The summed E-state index contributed by atoms with van der Waals surface area (Å²) in [5.41, 5.74) is 0.857. The van der Waals surface area contributed by atoms with E-state index in [0.717, 1.165) is 29.9 Å². The first-order valence-electron chi connectivity index (χ1n) is 6.94. The van der Waals surface area contributed by atoms with E-state index in [0.29, 0.717) is 6.54 Å². The molecule has 2 aliphatic carbocycles. The summed E-state index contributed by atoms with van der Waals surface area (Å²) in [4.78, 5) is 0. The van der Waals surface area contributed by atoms with Crippen molar-refractivity contribution in [2.75, 3.05) is 6.54 Å². The third kappa shape index (κ3) is 2.32. The number of phenols is 2. The number of phenolic OH excluding ortho intramolecular Hbond substituents is 2. The van der Waals surface area contributed by atoms with Crippen LogP contribution in [0.4, 0.5) is 0 Å². The first-order chi connectivity index (χ1) is 8.72. The van der Waals surface area contributed by atoms with Crippen molar-refractivity contribution in [1.29, 1.82) is 0 Å². The molecule has 3 atom stereocenters. The number of benzene rings is 1. The van der Waals surface area contributed by atoms with E-state index < -0.39 is 0 Å². The van der Waals surface area contributed by atoms with Gasteiger partial charge < -0.3 is 15.5 Å². The molecular formula is C15H21NO2. The van der Waals surface area contributed by atoms with Crippen LogP contribution in [-0.4, -0.2) is 16.8 Å². The molecule has 2 fully saturated rings. The Morgan fingerprint density at radius 1 is 1.17 bits per heavy atom. The molecule has 0 spiro atoms. The largest absolute Gasteiger partial charge is 0.508 e. The van der Waals surface area contributed by atoms with Gasteiger partial charge in [0, 0.05) is 18.2 Å². The van der Waals surface area contributed by atoms with Crippen LogP contribution in [0.1, 0.15) is 31.2 Å². The molecule has 2 bridgehead atoms. The third-order valence-electron chi connectivity index (χ3n) is 4.68. The minimum Gasteiger partial charge on any atom is -0.508 e. The van der Waals surface area contributed by atoms with E-state index in [9.17, 15) is 10.2 Å². The molecule has 3 rings (SSSR count). The Morgan fingerprint density at radius 3 is 2.72 bits per heavy atom. The Bertz CT molecular complexity index is 433. The van der Waals surface area contributed by atoms with Crippen molar-refractivity contribution >= 4 is 0 Å². The summed E-state index contributed by atoms with van der Waals surface area (Å²) in [6, 6.07) is 4.79. The van der Waals surface area contributed by atoms with Gasteiger partial charge in [-0.3, -0.25) is 0 Å². The van der Waals surface area contributed by atoms with Crippen molar-refractivity contribution in [2.24, 2.45) is 17.8 Å². The quantitative estimate of drug-likeness (QED) is 0.766. The summed E-state index contributed by atoms with van der Waals surface area (Å²) < 4.78 is 0. The molecule has 1 aromatic rings. The number of fused-ring (bicyclic) bond motifs is 2. The lowest BCUT2D eigenvalue weighted by atomic mass is 9.89. The summed E-state index contributed by atoms with van der Waals surface area (Å²) >= 11 is 0. The molecule has 3 nitrogen and oxygen atoms in total. The zero-order valence-electron chi connectivity index (χ0n) is 10.6. The zero-order chi connectivity index (χ0) is 12.5. The van der Waals surface area contributed by atoms with Gasteiger partial charge in [0.15, 0.2) is 0 Å². The predicted molar refractivity (Wildman–Crippen MR) is 70.4 cm³/mol. The van der Waals surface area contributed by atoms with Gasteiger partial charge in [0.1, 0.15) is 11.5 Å². The van der Waals surface area contributed by atoms with Crippen LogP contribution < -0.4 is 5.32 Å². The van der Waals surface area contributed by atoms with E-state index in [1.165, 1.54) is 31.7 Å². The van der Waals surface area contributed by atoms with Gasteiger partial charge >= 0.3 is 0 Å². The molecule has 98 valence electrons. The minimum absolute atomic E-state index is 0.115. The van der Waals surface area contributed by atoms with Crippen molar-refractivity contribution in [3.63, 3.8) is 0 Å². The van der Waals surface area contributed by atoms with Crippen LogP contribution in [0.15, 0.2) is 18.2 Å². The Labute approximate surface area is 108 Å². The number of rotatable bonds is 4. The van der Waals surface area contributed by atoms with E-state index >= 15 is 0 Å². The van der Waals surface area contributed by atoms with Crippen molar-refractivity contribution in [3.05, 3.63) is 23.8 Å². The molecule has 0 aliphatic heterocycles. The lowest BCUT2D eigenvalue weighted by molar-refractivity contribution is 0.318. The standard InChI is InChI=1S/C15H21NO2/c17-14-4-3-12(15(18)7-14)8-16-9-13-6-10-1-2-11(13)5-10/h3-4,7,10-11,13,16-18H,1-2,5-6,8-9H2. The lowest BCUT2D eigenvalue weighted by Gasteiger charge is -2.22. The van der Waals surface area contributed by atoms with Gasteiger partial charge in [-0.25, -0.2) is 0 Å². The van der Waals surface area contributed by atoms with Crippen molar-refractivity contribution < 1.29 is 10.2 Å². The Balaban J connectivity index is 1.50. The second kappa shape index (κ2) is 4.81. The summed E-state index contributed by atoms with van der Waals surface area (Å²) in [5, 5.41) is 22.4. The molecule has 3 N–H and O–H groups in total. The molecule has 0 saturated heterocycles. The predicted octanol–water partition coefficient (Wildman–Crippen LogP) is 2.62. The SMILES string of the molecule is Oc1ccc(CNCC2CC3CCC2C3)c(O)c1. The normalized spacial score (nSPS) is 29.9. The molecule has 0 heterocycles. The van der Waals surface area contributed by atoms with Gasteiger partial charge in [-0.2, -0.15) is 0 Å². The van der Waals surface area contributed by atoms with Crippen LogP contribution >= 0.6 is 0 Å². The Morgan fingerprint density at radius 2 is 2.06 bits per heavy atom. The maximum absolute atomic E-state index is 9.69. The van der Waals surface area contributed by atoms with E-state index in [2.05, 4.69) is 5.32 Å². The number of aromatic hydroxyl groups is 2. The van der Waals surface area contributed by atoms with Crippen LogP contribution in [0, 0.1) is 17.8 Å². The highest BCUT2D eigenvalue weighted by Gasteiger charge is 2.38. The van der Waals surface area contributed by atoms with Crippen molar-refractivity contribution in [2.45, 2.75) is 32.2 Å². The van der Waals surface area contributed by atoms with Gasteiger partial charge in [0.05, 0.1) is 0 Å². The molecule has 3 unspecified atom stereocenters. The third-order valence-corrected chi connectivity index (χ3v) is 4.68. The number of hydrogen-bond acceptors (Lipinski definition) is 3. The van der Waals surface area contributed by atoms with E-state index in [1.807, 2.05) is 0 Å². The molecule has 2 aliphatic rings. The monoisotopic (exact) mass is 247 g/mol. The maximum atomic E-state index is 9.69. The summed E-state index contributed by atoms with van der Waals surface area (Å²) in [5.74, 6) is 3.06. The average Bonchev–Trinajstić information content (AvgIpc) is 2.94. The first-order valence-corrected chi connectivity index (χ1v) is 6.94. The van der Waals surface area contributed by atoms with Crippen LogP contribution in [0.2, 0.25) is 0 Å². The van der Waals surface area contributed by atoms with Crippen molar-refractivity contribution in [1.82, 2.24) is 5.32 Å². The molecular weight excluding hydrogens is 226 g/mol. The highest BCUT2D eigenvalue weighted by molar-refractivity contribution is 5.38.